The molecule has 1 saturated heterocycles. The zero-order valence-corrected chi connectivity index (χ0v) is 13.3. The first-order valence-corrected chi connectivity index (χ1v) is 8.48. The van der Waals surface area contributed by atoms with Gasteiger partial charge in [-0.3, -0.25) is 4.79 Å². The largest absolute Gasteiger partial charge is 0.340 e. The lowest BCUT2D eigenvalue weighted by Crippen LogP contribution is -2.27. The summed E-state index contributed by atoms with van der Waals surface area (Å²) < 4.78 is 1.39. The Kier molecular flexibility index (Phi) is 3.67. The van der Waals surface area contributed by atoms with E-state index in [4.69, 9.17) is 0 Å². The minimum Gasteiger partial charge on any atom is -0.340 e. The summed E-state index contributed by atoms with van der Waals surface area (Å²) in [6.07, 6.45) is 8.14. The predicted octanol–water partition coefficient (Wildman–Crippen LogP) is 2.83. The van der Waals surface area contributed by atoms with Gasteiger partial charge in [0.05, 0.1) is 0 Å². The van der Waals surface area contributed by atoms with Crippen molar-refractivity contribution in [1.82, 2.24) is 14.6 Å². The molecule has 0 aliphatic carbocycles. The van der Waals surface area contributed by atoms with Crippen molar-refractivity contribution in [1.29, 1.82) is 0 Å². The lowest BCUT2D eigenvalue weighted by molar-refractivity contribution is 0.786. The molecule has 0 amide bonds. The van der Waals surface area contributed by atoms with Crippen LogP contribution in [0.3, 0.4) is 0 Å². The highest BCUT2D eigenvalue weighted by Crippen LogP contribution is 2.29. The van der Waals surface area contributed by atoms with Gasteiger partial charge in [-0.15, -0.1) is 5.10 Å². The summed E-state index contributed by atoms with van der Waals surface area (Å²) in [5.41, 5.74) is 1.06. The van der Waals surface area contributed by atoms with Crippen molar-refractivity contribution in [3.8, 4) is 0 Å². The maximum absolute atomic E-state index is 11.8. The molecule has 6 heteroatoms. The van der Waals surface area contributed by atoms with E-state index in [1.807, 2.05) is 18.2 Å². The van der Waals surface area contributed by atoms with Gasteiger partial charge in [0.25, 0.3) is 5.56 Å². The third-order valence-corrected chi connectivity index (χ3v) is 4.98. The standard InChI is InChI=1S/C17H16N4OS/c22-15-10-11-18-16-21(15)19-17(23-16)20-12-4-7-14(20)9-8-13-5-2-1-3-6-13/h1-3,5-6,8-11,14H,4,7,12H2/b9-8+. The van der Waals surface area contributed by atoms with E-state index in [1.165, 1.54) is 33.7 Å². The van der Waals surface area contributed by atoms with Crippen molar-refractivity contribution in [2.75, 3.05) is 11.4 Å². The number of hydrogen-bond donors (Lipinski definition) is 0. The Balaban J connectivity index is 1.63. The SMILES string of the molecule is O=c1ccnc2sc(N3CCCC3/C=C/c3ccccc3)nn12. The second-order valence-corrected chi connectivity index (χ2v) is 6.47. The summed E-state index contributed by atoms with van der Waals surface area (Å²) in [4.78, 5) is 19.0. The second kappa shape index (κ2) is 5.96. The van der Waals surface area contributed by atoms with E-state index in [0.717, 1.165) is 24.5 Å². The molecule has 1 aromatic carbocycles. The zero-order valence-electron chi connectivity index (χ0n) is 12.5. The Morgan fingerprint density at radius 3 is 2.91 bits per heavy atom. The van der Waals surface area contributed by atoms with Gasteiger partial charge in [-0.05, 0) is 18.4 Å². The van der Waals surface area contributed by atoms with Crippen molar-refractivity contribution in [3.05, 3.63) is 64.6 Å². The first kappa shape index (κ1) is 14.1. The summed E-state index contributed by atoms with van der Waals surface area (Å²) in [6.45, 7) is 0.957. The first-order valence-electron chi connectivity index (χ1n) is 7.66. The van der Waals surface area contributed by atoms with Crippen molar-refractivity contribution >= 4 is 27.5 Å². The van der Waals surface area contributed by atoms with Crippen LogP contribution < -0.4 is 10.5 Å². The van der Waals surface area contributed by atoms with E-state index in [0.29, 0.717) is 11.0 Å². The molecular formula is C17H16N4OS. The molecule has 1 unspecified atom stereocenters. The van der Waals surface area contributed by atoms with Crippen LogP contribution in [0.25, 0.3) is 11.0 Å². The fourth-order valence-corrected chi connectivity index (χ4v) is 3.83. The van der Waals surface area contributed by atoms with Crippen molar-refractivity contribution < 1.29 is 0 Å². The van der Waals surface area contributed by atoms with Gasteiger partial charge in [0.1, 0.15) is 0 Å². The third kappa shape index (κ3) is 2.77. The highest BCUT2D eigenvalue weighted by molar-refractivity contribution is 7.20. The van der Waals surface area contributed by atoms with E-state index >= 15 is 0 Å². The fraction of sp³-hybridized carbons (Fsp3) is 0.235. The van der Waals surface area contributed by atoms with E-state index in [-0.39, 0.29) is 5.56 Å². The van der Waals surface area contributed by atoms with E-state index < -0.39 is 0 Å². The van der Waals surface area contributed by atoms with Crippen LogP contribution in [0.2, 0.25) is 0 Å². The monoisotopic (exact) mass is 324 g/mol. The summed E-state index contributed by atoms with van der Waals surface area (Å²) in [6, 6.07) is 12.0. The van der Waals surface area contributed by atoms with Gasteiger partial charge in [0, 0.05) is 24.8 Å². The quantitative estimate of drug-likeness (QED) is 0.743. The Hall–Kier alpha value is -2.47. The number of hydrogen-bond acceptors (Lipinski definition) is 5. The van der Waals surface area contributed by atoms with Crippen molar-refractivity contribution in [2.24, 2.45) is 0 Å². The minimum absolute atomic E-state index is 0.131. The third-order valence-electron chi connectivity index (χ3n) is 4.02. The molecule has 0 bridgehead atoms. The lowest BCUT2D eigenvalue weighted by atomic mass is 10.1. The first-order chi connectivity index (χ1) is 11.3. The van der Waals surface area contributed by atoms with Crippen molar-refractivity contribution in [3.63, 3.8) is 0 Å². The van der Waals surface area contributed by atoms with Gasteiger partial charge in [0.15, 0.2) is 0 Å². The van der Waals surface area contributed by atoms with Crippen LogP contribution in [0.4, 0.5) is 5.13 Å². The Labute approximate surface area is 137 Å². The summed E-state index contributed by atoms with van der Waals surface area (Å²) in [5, 5.41) is 5.31. The normalized spacial score (nSPS) is 18.3. The average molecular weight is 324 g/mol. The molecule has 5 nitrogen and oxygen atoms in total. The number of benzene rings is 1. The van der Waals surface area contributed by atoms with Gasteiger partial charge >= 0.3 is 0 Å². The van der Waals surface area contributed by atoms with Gasteiger partial charge in [-0.25, -0.2) is 4.98 Å². The highest BCUT2D eigenvalue weighted by atomic mass is 32.1. The van der Waals surface area contributed by atoms with E-state index in [9.17, 15) is 4.79 Å². The van der Waals surface area contributed by atoms with Crippen LogP contribution in [0, 0.1) is 0 Å². The number of anilines is 1. The van der Waals surface area contributed by atoms with Crippen LogP contribution in [-0.4, -0.2) is 27.2 Å². The number of aromatic nitrogens is 3. The Morgan fingerprint density at radius 1 is 1.22 bits per heavy atom. The maximum atomic E-state index is 11.8. The average Bonchev–Trinajstić information content (AvgIpc) is 3.21. The van der Waals surface area contributed by atoms with Crippen LogP contribution in [0.5, 0.6) is 0 Å². The zero-order chi connectivity index (χ0) is 15.6. The van der Waals surface area contributed by atoms with Crippen LogP contribution in [0.15, 0.2) is 53.5 Å². The van der Waals surface area contributed by atoms with Gasteiger partial charge < -0.3 is 4.90 Å². The second-order valence-electron chi connectivity index (χ2n) is 5.53. The smallest absolute Gasteiger partial charge is 0.275 e. The molecule has 1 atom stereocenters. The maximum Gasteiger partial charge on any atom is 0.275 e. The molecule has 3 heterocycles. The van der Waals surface area contributed by atoms with Crippen LogP contribution in [-0.2, 0) is 0 Å². The molecule has 4 rings (SSSR count). The van der Waals surface area contributed by atoms with E-state index in [2.05, 4.69) is 39.3 Å². The van der Waals surface area contributed by atoms with Crippen LogP contribution in [0.1, 0.15) is 18.4 Å². The molecule has 0 N–H and O–H groups in total. The minimum atomic E-state index is -0.131. The molecule has 0 saturated carbocycles. The van der Waals surface area contributed by atoms with Gasteiger partial charge in [-0.1, -0.05) is 53.8 Å². The lowest BCUT2D eigenvalue weighted by Gasteiger charge is -2.20. The topological polar surface area (TPSA) is 50.5 Å². The van der Waals surface area contributed by atoms with E-state index in [1.54, 1.807) is 0 Å². The molecule has 0 spiro atoms. The van der Waals surface area contributed by atoms with Crippen LogP contribution >= 0.6 is 11.3 Å². The molecule has 1 fully saturated rings. The molecule has 1 aliphatic heterocycles. The molecule has 3 aromatic rings. The molecule has 2 aromatic heterocycles. The van der Waals surface area contributed by atoms with Crippen molar-refractivity contribution in [2.45, 2.75) is 18.9 Å². The number of rotatable bonds is 3. The summed E-state index contributed by atoms with van der Waals surface area (Å²) >= 11 is 1.47. The fourth-order valence-electron chi connectivity index (χ4n) is 2.87. The molecular weight excluding hydrogens is 308 g/mol. The van der Waals surface area contributed by atoms with Gasteiger partial charge in [-0.2, -0.15) is 4.52 Å². The Bertz CT molecular complexity index is 900. The molecule has 23 heavy (non-hydrogen) atoms. The summed E-state index contributed by atoms with van der Waals surface area (Å²) in [7, 11) is 0. The molecule has 1 aliphatic rings. The predicted molar refractivity (Wildman–Crippen MR) is 93.0 cm³/mol. The molecule has 116 valence electrons. The number of fused-ring (bicyclic) bond motifs is 1. The summed E-state index contributed by atoms with van der Waals surface area (Å²) in [5.74, 6) is 0. The molecule has 0 radical (unpaired) electrons. The Morgan fingerprint density at radius 2 is 2.09 bits per heavy atom. The number of nitrogens with zero attached hydrogens (tertiary/aromatic N) is 4. The highest BCUT2D eigenvalue weighted by Gasteiger charge is 2.25. The van der Waals surface area contributed by atoms with Gasteiger partial charge in [0.2, 0.25) is 10.1 Å².